The van der Waals surface area contributed by atoms with E-state index in [-0.39, 0.29) is 0 Å². The van der Waals surface area contributed by atoms with Crippen molar-refractivity contribution in [2.45, 2.75) is 32.9 Å². The van der Waals surface area contributed by atoms with Gasteiger partial charge in [-0.3, -0.25) is 0 Å². The number of rotatable bonds is 5. The molecule has 0 radical (unpaired) electrons. The number of aromatic nitrogens is 1. The molecule has 0 aliphatic heterocycles. The van der Waals surface area contributed by atoms with Crippen molar-refractivity contribution in [2.75, 3.05) is 0 Å². The average Bonchev–Trinajstić information content (AvgIpc) is 2.87. The van der Waals surface area contributed by atoms with E-state index < -0.39 is 0 Å². The molecule has 0 bridgehead atoms. The Morgan fingerprint density at radius 3 is 3.06 bits per heavy atom. The highest BCUT2D eigenvalue weighted by molar-refractivity contribution is 7.09. The minimum Gasteiger partial charge on any atom is -0.468 e. The van der Waals surface area contributed by atoms with Gasteiger partial charge in [0, 0.05) is 29.6 Å². The van der Waals surface area contributed by atoms with E-state index >= 15 is 0 Å². The maximum atomic E-state index is 5.48. The van der Waals surface area contributed by atoms with Crippen LogP contribution in [0.3, 0.4) is 0 Å². The first-order valence-electron chi connectivity index (χ1n) is 5.42. The Labute approximate surface area is 99.5 Å². The Kier molecular flexibility index (Phi) is 3.74. The van der Waals surface area contributed by atoms with Gasteiger partial charge in [0.15, 0.2) is 0 Å². The quantitative estimate of drug-likeness (QED) is 0.867. The lowest BCUT2D eigenvalue weighted by Gasteiger charge is -2.07. The number of thiazole rings is 1. The molecule has 86 valence electrons. The monoisotopic (exact) mass is 236 g/mol. The molecule has 0 amide bonds. The number of nitrogens with one attached hydrogen (secondary N) is 1. The molecule has 2 aromatic heterocycles. The second kappa shape index (κ2) is 5.27. The van der Waals surface area contributed by atoms with Crippen molar-refractivity contribution in [3.63, 3.8) is 0 Å². The van der Waals surface area contributed by atoms with Crippen molar-refractivity contribution < 1.29 is 4.42 Å². The van der Waals surface area contributed by atoms with Crippen molar-refractivity contribution in [1.29, 1.82) is 0 Å². The van der Waals surface area contributed by atoms with Gasteiger partial charge in [-0.1, -0.05) is 13.8 Å². The zero-order valence-corrected chi connectivity index (χ0v) is 10.4. The molecule has 0 aromatic carbocycles. The number of hydrogen-bond donors (Lipinski definition) is 1. The number of nitrogens with zero attached hydrogens (tertiary/aromatic N) is 1. The summed E-state index contributed by atoms with van der Waals surface area (Å²) >= 11 is 1.68. The second-order valence-corrected chi connectivity index (χ2v) is 4.99. The predicted molar refractivity (Wildman–Crippen MR) is 65.6 cm³/mol. The number of hydrogen-bond acceptors (Lipinski definition) is 4. The molecule has 1 N–H and O–H groups in total. The third-order valence-corrected chi connectivity index (χ3v) is 3.11. The van der Waals surface area contributed by atoms with Crippen LogP contribution in [-0.2, 0) is 13.0 Å². The topological polar surface area (TPSA) is 38.1 Å². The molecule has 0 atom stereocenters. The molecule has 16 heavy (non-hydrogen) atoms. The lowest BCUT2D eigenvalue weighted by atomic mass is 10.2. The smallest absolute Gasteiger partial charge is 0.121 e. The van der Waals surface area contributed by atoms with Gasteiger partial charge in [0.25, 0.3) is 0 Å². The Bertz CT molecular complexity index is 420. The van der Waals surface area contributed by atoms with Crippen molar-refractivity contribution in [3.05, 3.63) is 40.2 Å². The Hall–Kier alpha value is -1.13. The van der Waals surface area contributed by atoms with E-state index in [9.17, 15) is 0 Å². The van der Waals surface area contributed by atoms with Crippen LogP contribution in [0.25, 0.3) is 0 Å². The summed E-state index contributed by atoms with van der Waals surface area (Å²) in [4.78, 5) is 4.28. The molecule has 2 rings (SSSR count). The summed E-state index contributed by atoms with van der Waals surface area (Å²) < 4.78 is 5.48. The molecule has 3 nitrogen and oxygen atoms in total. The molecular formula is C12H16N2OS. The Balaban J connectivity index is 2.01. The first-order chi connectivity index (χ1) is 7.75. The molecular weight excluding hydrogens is 220 g/mol. The van der Waals surface area contributed by atoms with Gasteiger partial charge >= 0.3 is 0 Å². The first-order valence-corrected chi connectivity index (χ1v) is 6.30. The van der Waals surface area contributed by atoms with E-state index in [0.29, 0.717) is 6.04 Å². The fourth-order valence-electron chi connectivity index (χ4n) is 1.48. The summed E-state index contributed by atoms with van der Waals surface area (Å²) in [6.45, 7) is 5.04. The molecule has 0 spiro atoms. The summed E-state index contributed by atoms with van der Waals surface area (Å²) in [6, 6.07) is 2.50. The van der Waals surface area contributed by atoms with Crippen LogP contribution >= 0.6 is 11.3 Å². The largest absolute Gasteiger partial charge is 0.468 e. The van der Waals surface area contributed by atoms with E-state index in [2.05, 4.69) is 24.1 Å². The normalized spacial score (nSPS) is 11.2. The van der Waals surface area contributed by atoms with E-state index in [0.717, 1.165) is 23.7 Å². The molecule has 4 heteroatoms. The van der Waals surface area contributed by atoms with E-state index in [1.165, 1.54) is 5.56 Å². The lowest BCUT2D eigenvalue weighted by molar-refractivity contribution is 0.461. The maximum absolute atomic E-state index is 5.48. The standard InChI is InChI=1S/C12H16N2OS/c1-9(2)14-8-11-10(3-5-15-11)7-12-13-4-6-16-12/h3-6,9,14H,7-8H2,1-2H3. The fourth-order valence-corrected chi connectivity index (χ4v) is 2.12. The minimum atomic E-state index is 0.470. The summed E-state index contributed by atoms with van der Waals surface area (Å²) in [5.41, 5.74) is 1.23. The van der Waals surface area contributed by atoms with Crippen LogP contribution in [0.4, 0.5) is 0 Å². The van der Waals surface area contributed by atoms with Gasteiger partial charge in [-0.2, -0.15) is 0 Å². The minimum absolute atomic E-state index is 0.470. The van der Waals surface area contributed by atoms with Crippen LogP contribution in [0.15, 0.2) is 28.3 Å². The van der Waals surface area contributed by atoms with Crippen LogP contribution in [-0.4, -0.2) is 11.0 Å². The van der Waals surface area contributed by atoms with E-state index in [1.807, 2.05) is 17.6 Å². The molecule has 0 saturated carbocycles. The van der Waals surface area contributed by atoms with Crippen molar-refractivity contribution >= 4 is 11.3 Å². The van der Waals surface area contributed by atoms with Gasteiger partial charge in [-0.05, 0) is 6.07 Å². The van der Waals surface area contributed by atoms with Crippen LogP contribution in [0.5, 0.6) is 0 Å². The van der Waals surface area contributed by atoms with Gasteiger partial charge in [-0.15, -0.1) is 11.3 Å². The predicted octanol–water partition coefficient (Wildman–Crippen LogP) is 2.82. The molecule has 2 heterocycles. The van der Waals surface area contributed by atoms with Crippen molar-refractivity contribution in [1.82, 2.24) is 10.3 Å². The summed E-state index contributed by atoms with van der Waals surface area (Å²) in [7, 11) is 0. The van der Waals surface area contributed by atoms with Crippen LogP contribution < -0.4 is 5.32 Å². The van der Waals surface area contributed by atoms with Gasteiger partial charge < -0.3 is 9.73 Å². The first kappa shape index (κ1) is 11.4. The highest BCUT2D eigenvalue weighted by Gasteiger charge is 2.08. The summed E-state index contributed by atoms with van der Waals surface area (Å²) in [5.74, 6) is 1.02. The fraction of sp³-hybridized carbons (Fsp3) is 0.417. The summed E-state index contributed by atoms with van der Waals surface area (Å²) in [5, 5.41) is 6.49. The average molecular weight is 236 g/mol. The Morgan fingerprint density at radius 2 is 2.38 bits per heavy atom. The second-order valence-electron chi connectivity index (χ2n) is 4.01. The highest BCUT2D eigenvalue weighted by atomic mass is 32.1. The van der Waals surface area contributed by atoms with E-state index in [1.54, 1.807) is 17.6 Å². The van der Waals surface area contributed by atoms with Gasteiger partial charge in [0.1, 0.15) is 5.76 Å². The SMILES string of the molecule is CC(C)NCc1occc1Cc1nccs1. The lowest BCUT2D eigenvalue weighted by Crippen LogP contribution is -2.22. The zero-order valence-electron chi connectivity index (χ0n) is 9.56. The van der Waals surface area contributed by atoms with Crippen molar-refractivity contribution in [3.8, 4) is 0 Å². The Morgan fingerprint density at radius 1 is 1.50 bits per heavy atom. The van der Waals surface area contributed by atoms with Crippen molar-refractivity contribution in [2.24, 2.45) is 0 Å². The zero-order chi connectivity index (χ0) is 11.4. The maximum Gasteiger partial charge on any atom is 0.121 e. The third-order valence-electron chi connectivity index (χ3n) is 2.33. The van der Waals surface area contributed by atoms with Gasteiger partial charge in [-0.25, -0.2) is 4.98 Å². The molecule has 0 saturated heterocycles. The van der Waals surface area contributed by atoms with Crippen LogP contribution in [0.2, 0.25) is 0 Å². The molecule has 0 aliphatic carbocycles. The number of furan rings is 1. The highest BCUT2D eigenvalue weighted by Crippen LogP contribution is 2.17. The van der Waals surface area contributed by atoms with E-state index in [4.69, 9.17) is 4.42 Å². The third kappa shape index (κ3) is 2.93. The summed E-state index contributed by atoms with van der Waals surface area (Å²) in [6.07, 6.45) is 4.45. The van der Waals surface area contributed by atoms with Gasteiger partial charge in [0.2, 0.25) is 0 Å². The van der Waals surface area contributed by atoms with Crippen LogP contribution in [0.1, 0.15) is 30.2 Å². The molecule has 0 unspecified atom stereocenters. The molecule has 0 fully saturated rings. The van der Waals surface area contributed by atoms with Crippen LogP contribution in [0, 0.1) is 0 Å². The van der Waals surface area contributed by atoms with Gasteiger partial charge in [0.05, 0.1) is 17.8 Å². The molecule has 2 aromatic rings. The molecule has 0 aliphatic rings.